The van der Waals surface area contributed by atoms with Crippen LogP contribution in [-0.2, 0) is 26.4 Å². The Morgan fingerprint density at radius 1 is 1.28 bits per heavy atom. The first kappa shape index (κ1) is 21.7. The lowest BCUT2D eigenvalue weighted by molar-refractivity contribution is -0.385. The number of benzene rings is 1. The zero-order chi connectivity index (χ0) is 19.6. The zero-order valence-electron chi connectivity index (χ0n) is 14.8. The van der Waals surface area contributed by atoms with Crippen LogP contribution in [0, 0.1) is 15.9 Å². The number of hydrogen-bond donors (Lipinski definition) is 1. The molecular weight excluding hydrogens is 371 g/mol. The van der Waals surface area contributed by atoms with Gasteiger partial charge in [0.2, 0.25) is 0 Å². The molecule has 7 nitrogen and oxygen atoms in total. The first-order chi connectivity index (χ1) is 11.2. The Balaban J connectivity index is 3.54. The monoisotopic (exact) mass is 394 g/mol. The summed E-state index contributed by atoms with van der Waals surface area (Å²) in [6.45, 7) is 7.85. The maximum absolute atomic E-state index is 14.4. The molecule has 25 heavy (non-hydrogen) atoms. The predicted molar refractivity (Wildman–Crippen MR) is 95.8 cm³/mol. The van der Waals surface area contributed by atoms with Crippen molar-refractivity contribution in [2.45, 2.75) is 44.9 Å². The highest BCUT2D eigenvalue weighted by atomic mass is 32.2. The first-order valence-corrected chi connectivity index (χ1v) is 10.5. The molecule has 1 aromatic rings. The van der Waals surface area contributed by atoms with E-state index in [1.165, 1.54) is 13.8 Å². The number of nitrogens with zero attached hydrogens (tertiary/aromatic N) is 1. The van der Waals surface area contributed by atoms with E-state index in [1.54, 1.807) is 20.8 Å². The summed E-state index contributed by atoms with van der Waals surface area (Å²) >= 11 is 0. The van der Waals surface area contributed by atoms with Crippen LogP contribution < -0.4 is 4.72 Å². The van der Waals surface area contributed by atoms with Crippen molar-refractivity contribution in [1.29, 1.82) is 0 Å². The van der Waals surface area contributed by atoms with Gasteiger partial charge in [-0.05, 0) is 33.8 Å². The van der Waals surface area contributed by atoms with Gasteiger partial charge in [-0.15, -0.1) is 0 Å². The van der Waals surface area contributed by atoms with Crippen LogP contribution in [0.3, 0.4) is 0 Å². The minimum absolute atomic E-state index is 0.191. The minimum Gasteiger partial charge on any atom is -0.258 e. The number of non-ortho nitro benzene ring substituents is 1. The molecule has 0 heterocycles. The van der Waals surface area contributed by atoms with E-state index in [0.29, 0.717) is 0 Å². The average molecular weight is 394 g/mol. The zero-order valence-corrected chi connectivity index (χ0v) is 16.5. The maximum atomic E-state index is 14.4. The molecule has 10 heteroatoms. The van der Waals surface area contributed by atoms with Crippen molar-refractivity contribution < 1.29 is 21.9 Å². The summed E-state index contributed by atoms with van der Waals surface area (Å²) in [5.74, 6) is -1.54. The molecule has 1 rings (SSSR count). The molecule has 0 unspecified atom stereocenters. The van der Waals surface area contributed by atoms with E-state index in [4.69, 9.17) is 0 Å². The standard InChI is InChI=1S/C15H23FN2O5S2/c1-6-25(22,23)10-15(5,17-24(21)14(2,3)4)12-9-11(18(19)20)7-8-13(12)16/h7-9,17H,6,10H2,1-5H3/t15-,24+/m0/s1. The average Bonchev–Trinajstić information content (AvgIpc) is 2.45. The second-order valence-corrected chi connectivity index (χ2v) is 11.2. The molecule has 0 amide bonds. The maximum Gasteiger partial charge on any atom is 0.269 e. The van der Waals surface area contributed by atoms with E-state index in [9.17, 15) is 27.1 Å². The van der Waals surface area contributed by atoms with E-state index in [-0.39, 0.29) is 17.0 Å². The van der Waals surface area contributed by atoms with Crippen LogP contribution in [0.25, 0.3) is 0 Å². The summed E-state index contributed by atoms with van der Waals surface area (Å²) in [4.78, 5) is 10.3. The summed E-state index contributed by atoms with van der Waals surface area (Å²) in [5, 5.41) is 11.0. The van der Waals surface area contributed by atoms with Gasteiger partial charge in [-0.1, -0.05) is 6.92 Å². The molecule has 0 bridgehead atoms. The Kier molecular flexibility index (Phi) is 6.47. The van der Waals surface area contributed by atoms with Crippen LogP contribution in [0.5, 0.6) is 0 Å². The third-order valence-electron chi connectivity index (χ3n) is 3.58. The van der Waals surface area contributed by atoms with Crippen LogP contribution in [0.4, 0.5) is 10.1 Å². The van der Waals surface area contributed by atoms with Crippen LogP contribution in [0.15, 0.2) is 18.2 Å². The molecule has 0 aliphatic rings. The van der Waals surface area contributed by atoms with Crippen molar-refractivity contribution in [3.63, 3.8) is 0 Å². The molecule has 0 aromatic heterocycles. The van der Waals surface area contributed by atoms with Gasteiger partial charge in [0.1, 0.15) is 5.82 Å². The molecule has 0 aliphatic carbocycles. The third-order valence-corrected chi connectivity index (χ3v) is 7.22. The Morgan fingerprint density at radius 2 is 1.84 bits per heavy atom. The number of nitrogens with one attached hydrogen (secondary N) is 1. The second-order valence-electron chi connectivity index (χ2n) is 6.91. The molecule has 0 saturated heterocycles. The quantitative estimate of drug-likeness (QED) is 0.565. The van der Waals surface area contributed by atoms with Gasteiger partial charge < -0.3 is 0 Å². The molecular formula is C15H23FN2O5S2. The topological polar surface area (TPSA) is 106 Å². The van der Waals surface area contributed by atoms with E-state index >= 15 is 0 Å². The lowest BCUT2D eigenvalue weighted by atomic mass is 9.94. The van der Waals surface area contributed by atoms with Gasteiger partial charge in [-0.2, -0.15) is 0 Å². The summed E-state index contributed by atoms with van der Waals surface area (Å²) < 4.78 is 53.1. The van der Waals surface area contributed by atoms with Gasteiger partial charge in [0.15, 0.2) is 9.84 Å². The Morgan fingerprint density at radius 3 is 2.28 bits per heavy atom. The lowest BCUT2D eigenvalue weighted by Crippen LogP contribution is -2.50. The molecule has 0 fully saturated rings. The summed E-state index contributed by atoms with van der Waals surface area (Å²) in [6, 6.07) is 2.88. The van der Waals surface area contributed by atoms with Gasteiger partial charge in [-0.25, -0.2) is 21.7 Å². The first-order valence-electron chi connectivity index (χ1n) is 7.56. The van der Waals surface area contributed by atoms with Crippen molar-refractivity contribution >= 4 is 26.5 Å². The van der Waals surface area contributed by atoms with Crippen LogP contribution in [-0.4, -0.2) is 33.8 Å². The smallest absolute Gasteiger partial charge is 0.258 e. The lowest BCUT2D eigenvalue weighted by Gasteiger charge is -2.33. The molecule has 0 saturated carbocycles. The van der Waals surface area contributed by atoms with Gasteiger partial charge in [-0.3, -0.25) is 10.1 Å². The molecule has 0 radical (unpaired) electrons. The molecule has 0 aliphatic heterocycles. The number of nitro groups is 1. The van der Waals surface area contributed by atoms with Gasteiger partial charge in [0, 0.05) is 23.4 Å². The fraction of sp³-hybridized carbons (Fsp3) is 0.600. The Labute approximate surface area is 149 Å². The van der Waals surface area contributed by atoms with Crippen molar-refractivity contribution in [2.75, 3.05) is 11.5 Å². The summed E-state index contributed by atoms with van der Waals surface area (Å²) in [7, 11) is -5.32. The van der Waals surface area contributed by atoms with Crippen molar-refractivity contribution in [3.05, 3.63) is 39.7 Å². The fourth-order valence-electron chi connectivity index (χ4n) is 2.11. The van der Waals surface area contributed by atoms with E-state index in [2.05, 4.69) is 4.72 Å². The molecule has 0 spiro atoms. The number of sulfone groups is 1. The van der Waals surface area contributed by atoms with Crippen molar-refractivity contribution in [1.82, 2.24) is 4.72 Å². The fourth-order valence-corrected chi connectivity index (χ4v) is 4.41. The van der Waals surface area contributed by atoms with Crippen molar-refractivity contribution in [2.24, 2.45) is 0 Å². The van der Waals surface area contributed by atoms with E-state index < -0.39 is 47.6 Å². The van der Waals surface area contributed by atoms with Crippen LogP contribution >= 0.6 is 0 Å². The minimum atomic E-state index is -3.60. The molecule has 1 aromatic carbocycles. The molecule has 142 valence electrons. The largest absolute Gasteiger partial charge is 0.269 e. The number of hydrogen-bond acceptors (Lipinski definition) is 5. The highest BCUT2D eigenvalue weighted by Gasteiger charge is 2.39. The number of rotatable bonds is 7. The van der Waals surface area contributed by atoms with Gasteiger partial charge in [0.05, 0.1) is 31.9 Å². The van der Waals surface area contributed by atoms with Gasteiger partial charge >= 0.3 is 0 Å². The Bertz CT molecular complexity index is 790. The highest BCUT2D eigenvalue weighted by molar-refractivity contribution is 7.91. The van der Waals surface area contributed by atoms with E-state index in [1.807, 2.05) is 0 Å². The van der Waals surface area contributed by atoms with Crippen molar-refractivity contribution in [3.8, 4) is 0 Å². The van der Waals surface area contributed by atoms with Crippen LogP contribution in [0.1, 0.15) is 40.2 Å². The third kappa shape index (κ3) is 5.55. The normalized spacial score (nSPS) is 16.2. The Hall–Kier alpha value is -1.39. The molecule has 1 N–H and O–H groups in total. The van der Waals surface area contributed by atoms with Crippen LogP contribution in [0.2, 0.25) is 0 Å². The second kappa shape index (κ2) is 7.46. The molecule has 2 atom stereocenters. The number of halogens is 1. The number of nitro benzene ring substituents is 1. The van der Waals surface area contributed by atoms with E-state index in [0.717, 1.165) is 18.2 Å². The summed E-state index contributed by atoms with van der Waals surface area (Å²) in [5.41, 5.74) is -2.18. The predicted octanol–water partition coefficient (Wildman–Crippen LogP) is 2.44. The highest BCUT2D eigenvalue weighted by Crippen LogP contribution is 2.30. The summed E-state index contributed by atoms with van der Waals surface area (Å²) in [6.07, 6.45) is 0. The van der Waals surface area contributed by atoms with Gasteiger partial charge in [0.25, 0.3) is 5.69 Å². The SMILES string of the molecule is CCS(=O)(=O)C[C@](C)(N[S@](=O)C(C)(C)C)c1cc([N+](=O)[O-])ccc1F.